The zero-order valence-electron chi connectivity index (χ0n) is 19.6. The average Bonchev–Trinajstić information content (AvgIpc) is 2.88. The summed E-state index contributed by atoms with van der Waals surface area (Å²) in [5, 5.41) is 21.0. The Balaban J connectivity index is 1.57. The molecule has 0 saturated heterocycles. The Morgan fingerprint density at radius 2 is 1.89 bits per heavy atom. The van der Waals surface area contributed by atoms with E-state index in [1.165, 1.54) is 18.2 Å². The number of non-ortho nitro benzene ring substituents is 1. The van der Waals surface area contributed by atoms with Crippen LogP contribution in [0.3, 0.4) is 0 Å². The molecule has 0 fully saturated rings. The van der Waals surface area contributed by atoms with Gasteiger partial charge in [-0.3, -0.25) is 10.1 Å². The highest BCUT2D eigenvalue weighted by atomic mass is 16.6. The largest absolute Gasteiger partial charge is 0.479 e. The van der Waals surface area contributed by atoms with Crippen LogP contribution >= 0.6 is 0 Å². The number of fused-ring (bicyclic) bond motifs is 1. The molecule has 0 bridgehead atoms. The number of esters is 1. The SMILES string of the molecule is CCc1ccc(OC(C)C(=O)Oc2ccc3c(c2)OC(N)=C(C#N)C3c2cccc([N+](=O)[O-])c2)cc1. The summed E-state index contributed by atoms with van der Waals surface area (Å²) in [6.45, 7) is 3.64. The number of nitrogens with two attached hydrogens (primary N) is 1. The third-order valence-electron chi connectivity index (χ3n) is 5.80. The molecule has 3 aromatic carbocycles. The molecule has 0 radical (unpaired) electrons. The third-order valence-corrected chi connectivity index (χ3v) is 5.80. The van der Waals surface area contributed by atoms with Gasteiger partial charge in [-0.25, -0.2) is 4.79 Å². The van der Waals surface area contributed by atoms with Gasteiger partial charge >= 0.3 is 5.97 Å². The van der Waals surface area contributed by atoms with Crippen molar-refractivity contribution in [3.05, 3.63) is 105 Å². The molecular formula is C27H23N3O6. The van der Waals surface area contributed by atoms with Gasteiger partial charge in [-0.1, -0.05) is 37.3 Å². The summed E-state index contributed by atoms with van der Waals surface area (Å²) in [5.41, 5.74) is 8.25. The summed E-state index contributed by atoms with van der Waals surface area (Å²) in [6, 6.07) is 20.2. The summed E-state index contributed by atoms with van der Waals surface area (Å²) < 4.78 is 16.8. The number of carbonyl (C=O) groups is 1. The predicted molar refractivity (Wildman–Crippen MR) is 130 cm³/mol. The van der Waals surface area contributed by atoms with Crippen LogP contribution in [0.25, 0.3) is 0 Å². The molecule has 9 heteroatoms. The summed E-state index contributed by atoms with van der Waals surface area (Å²) in [5.74, 6) is -0.401. The van der Waals surface area contributed by atoms with Gasteiger partial charge in [0.2, 0.25) is 5.88 Å². The van der Waals surface area contributed by atoms with Gasteiger partial charge in [0.25, 0.3) is 5.69 Å². The van der Waals surface area contributed by atoms with Crippen LogP contribution < -0.4 is 19.9 Å². The first-order valence-electron chi connectivity index (χ1n) is 11.2. The topological polar surface area (TPSA) is 138 Å². The lowest BCUT2D eigenvalue weighted by Crippen LogP contribution is -2.28. The Kier molecular flexibility index (Phi) is 6.88. The highest BCUT2D eigenvalue weighted by Gasteiger charge is 2.32. The van der Waals surface area contributed by atoms with Crippen molar-refractivity contribution >= 4 is 11.7 Å². The highest BCUT2D eigenvalue weighted by Crippen LogP contribution is 2.44. The van der Waals surface area contributed by atoms with E-state index < -0.39 is 22.9 Å². The van der Waals surface area contributed by atoms with Crippen molar-refractivity contribution in [2.24, 2.45) is 5.73 Å². The van der Waals surface area contributed by atoms with Gasteiger partial charge in [0.1, 0.15) is 28.9 Å². The van der Waals surface area contributed by atoms with Crippen LogP contribution in [0, 0.1) is 21.4 Å². The van der Waals surface area contributed by atoms with Crippen LogP contribution in [0.4, 0.5) is 5.69 Å². The Labute approximate surface area is 207 Å². The van der Waals surface area contributed by atoms with Gasteiger partial charge in [-0.2, -0.15) is 5.26 Å². The number of nitrogens with zero attached hydrogens (tertiary/aromatic N) is 2. The highest BCUT2D eigenvalue weighted by molar-refractivity contribution is 5.77. The van der Waals surface area contributed by atoms with E-state index in [0.29, 0.717) is 16.9 Å². The molecule has 182 valence electrons. The van der Waals surface area contributed by atoms with Gasteiger partial charge in [0.05, 0.1) is 10.8 Å². The van der Waals surface area contributed by atoms with Crippen molar-refractivity contribution in [3.63, 3.8) is 0 Å². The molecule has 1 aliphatic heterocycles. The lowest BCUT2D eigenvalue weighted by molar-refractivity contribution is -0.384. The number of carbonyl (C=O) groups excluding carboxylic acids is 1. The van der Waals surface area contributed by atoms with Crippen molar-refractivity contribution in [1.29, 1.82) is 5.26 Å². The van der Waals surface area contributed by atoms with Gasteiger partial charge in [-0.15, -0.1) is 0 Å². The summed E-state index contributed by atoms with van der Waals surface area (Å²) >= 11 is 0. The fraction of sp³-hybridized carbons (Fsp3) is 0.185. The molecule has 4 rings (SSSR count). The minimum absolute atomic E-state index is 0.111. The van der Waals surface area contributed by atoms with Crippen molar-refractivity contribution in [3.8, 4) is 23.3 Å². The van der Waals surface area contributed by atoms with Crippen LogP contribution in [-0.2, 0) is 11.2 Å². The Hall–Kier alpha value is -4.84. The first kappa shape index (κ1) is 24.3. The molecule has 3 aromatic rings. The maximum absolute atomic E-state index is 12.6. The van der Waals surface area contributed by atoms with Gasteiger partial charge in [-0.05, 0) is 42.7 Å². The normalized spacial score (nSPS) is 15.2. The monoisotopic (exact) mass is 485 g/mol. The van der Waals surface area contributed by atoms with Crippen molar-refractivity contribution in [1.82, 2.24) is 0 Å². The molecule has 9 nitrogen and oxygen atoms in total. The smallest absolute Gasteiger partial charge is 0.352 e. The molecule has 0 aromatic heterocycles. The zero-order valence-corrected chi connectivity index (χ0v) is 19.6. The number of hydrogen-bond donors (Lipinski definition) is 1. The summed E-state index contributed by atoms with van der Waals surface area (Å²) in [7, 11) is 0. The van der Waals surface area contributed by atoms with Crippen LogP contribution in [0.1, 0.15) is 36.5 Å². The first-order valence-corrected chi connectivity index (χ1v) is 11.2. The van der Waals surface area contributed by atoms with Crippen LogP contribution in [0.5, 0.6) is 17.2 Å². The van der Waals surface area contributed by atoms with Gasteiger partial charge < -0.3 is 19.9 Å². The van der Waals surface area contributed by atoms with E-state index in [0.717, 1.165) is 12.0 Å². The lowest BCUT2D eigenvalue weighted by Gasteiger charge is -2.26. The number of aryl methyl sites for hydroxylation is 1. The number of hydrogen-bond acceptors (Lipinski definition) is 8. The Morgan fingerprint density at radius 1 is 1.17 bits per heavy atom. The maximum Gasteiger partial charge on any atom is 0.352 e. The summed E-state index contributed by atoms with van der Waals surface area (Å²) in [4.78, 5) is 23.4. The van der Waals surface area contributed by atoms with Gasteiger partial charge in [0, 0.05) is 23.8 Å². The number of benzene rings is 3. The number of ether oxygens (including phenoxy) is 3. The number of nitro benzene ring substituents is 1. The molecule has 1 aliphatic rings. The molecule has 0 spiro atoms. The van der Waals surface area contributed by atoms with Crippen molar-refractivity contribution < 1.29 is 23.9 Å². The van der Waals surface area contributed by atoms with E-state index in [2.05, 4.69) is 6.92 Å². The van der Waals surface area contributed by atoms with E-state index >= 15 is 0 Å². The first-order chi connectivity index (χ1) is 17.3. The number of allylic oxidation sites excluding steroid dienone is 1. The van der Waals surface area contributed by atoms with Crippen molar-refractivity contribution in [2.75, 3.05) is 0 Å². The fourth-order valence-corrected chi connectivity index (χ4v) is 3.92. The second-order valence-electron chi connectivity index (χ2n) is 8.16. The quantitative estimate of drug-likeness (QED) is 0.219. The van der Waals surface area contributed by atoms with Crippen LogP contribution in [0.2, 0.25) is 0 Å². The van der Waals surface area contributed by atoms with E-state index in [4.69, 9.17) is 19.9 Å². The minimum Gasteiger partial charge on any atom is -0.479 e. The standard InChI is InChI=1S/C27H23N3O6/c1-3-17-7-9-20(10-8-17)34-16(2)27(31)35-21-11-12-22-24(14-21)36-26(29)23(15-28)25(22)18-5-4-6-19(13-18)30(32)33/h4-14,16,25H,3,29H2,1-2H3. The molecular weight excluding hydrogens is 462 g/mol. The van der Waals surface area contributed by atoms with E-state index in [-0.39, 0.29) is 28.6 Å². The number of nitro groups is 1. The summed E-state index contributed by atoms with van der Waals surface area (Å²) in [6.07, 6.45) is 0.0257. The van der Waals surface area contributed by atoms with E-state index in [1.54, 1.807) is 43.3 Å². The second kappa shape index (κ2) is 10.2. The third kappa shape index (κ3) is 4.98. The molecule has 0 aliphatic carbocycles. The molecule has 2 atom stereocenters. The number of nitriles is 1. The number of rotatable bonds is 7. The molecule has 0 saturated carbocycles. The molecule has 1 heterocycles. The fourth-order valence-electron chi connectivity index (χ4n) is 3.92. The van der Waals surface area contributed by atoms with Crippen molar-refractivity contribution in [2.45, 2.75) is 32.3 Å². The second-order valence-corrected chi connectivity index (χ2v) is 8.16. The maximum atomic E-state index is 12.6. The molecule has 2 N–H and O–H groups in total. The van der Waals surface area contributed by atoms with E-state index in [9.17, 15) is 20.2 Å². The van der Waals surface area contributed by atoms with Gasteiger partial charge in [0.15, 0.2) is 6.10 Å². The average molecular weight is 485 g/mol. The van der Waals surface area contributed by atoms with E-state index in [1.807, 2.05) is 18.2 Å². The molecule has 0 amide bonds. The Bertz CT molecular complexity index is 1390. The molecule has 2 unspecified atom stereocenters. The Morgan fingerprint density at radius 3 is 2.56 bits per heavy atom. The molecule has 36 heavy (non-hydrogen) atoms. The predicted octanol–water partition coefficient (Wildman–Crippen LogP) is 4.75. The minimum atomic E-state index is -0.873. The van der Waals surface area contributed by atoms with Crippen LogP contribution in [-0.4, -0.2) is 17.0 Å². The zero-order chi connectivity index (χ0) is 25.8. The van der Waals surface area contributed by atoms with Crippen LogP contribution in [0.15, 0.2) is 78.2 Å². The lowest BCUT2D eigenvalue weighted by atomic mass is 9.83.